The van der Waals surface area contributed by atoms with E-state index >= 15 is 8.78 Å². The van der Waals surface area contributed by atoms with Crippen molar-refractivity contribution < 1.29 is 37.9 Å². The quantitative estimate of drug-likeness (QED) is 0.502. The number of rotatable bonds is 3. The van der Waals surface area contributed by atoms with Gasteiger partial charge in [-0.3, -0.25) is 19.7 Å². The van der Waals surface area contributed by atoms with Crippen LogP contribution in [0.25, 0.3) is 0 Å². The Morgan fingerprint density at radius 1 is 0.871 bits per heavy atom. The van der Waals surface area contributed by atoms with Crippen molar-refractivity contribution in [2.75, 3.05) is 5.32 Å². The minimum absolute atomic E-state index is 0.398. The summed E-state index contributed by atoms with van der Waals surface area (Å²) in [6.45, 7) is 0. The second kappa shape index (κ2) is 6.59. The number of hydrogen-bond acceptors (Lipinski definition) is 7. The van der Waals surface area contributed by atoms with Crippen LogP contribution in [0.3, 0.4) is 0 Å². The van der Waals surface area contributed by atoms with E-state index in [1.54, 1.807) is 0 Å². The molecule has 2 aliphatic rings. The summed E-state index contributed by atoms with van der Waals surface area (Å²) in [5.41, 5.74) is -6.91. The summed E-state index contributed by atoms with van der Waals surface area (Å²) in [6, 6.07) is 9.27. The molecule has 8 nitrogen and oxygen atoms in total. The third-order valence-electron chi connectivity index (χ3n) is 4.99. The van der Waals surface area contributed by atoms with Gasteiger partial charge in [-0.2, -0.15) is 8.78 Å². The average molecular weight is 432 g/mol. The van der Waals surface area contributed by atoms with Crippen LogP contribution in [0.2, 0.25) is 0 Å². The van der Waals surface area contributed by atoms with Gasteiger partial charge in [0.15, 0.2) is 17.4 Å². The lowest BCUT2D eigenvalue weighted by Gasteiger charge is -2.38. The fraction of sp³-hybridized carbons (Fsp3) is 0.100. The fourth-order valence-corrected chi connectivity index (χ4v) is 3.56. The number of halogens is 3. The standard InChI is InChI=1S/C20H11F3N2O6/c21-17-18(24-11-7-3-4-8-12(11)25(30)31)20(23,29)14-13(19(17,22)28)15(26)9-5-1-2-6-10(9)16(14)27/h1-8,24,28-29H. The lowest BCUT2D eigenvalue weighted by Crippen LogP contribution is -2.50. The van der Waals surface area contributed by atoms with Crippen LogP contribution in [0.4, 0.5) is 24.5 Å². The number of nitro benzene ring substituents is 1. The SMILES string of the molecule is O=C1C2=C(C(=O)c3ccccc31)C(O)(F)C(Nc1ccccc1[N+](=O)[O-])=C(F)C2(O)F. The Bertz CT molecular complexity index is 1250. The molecule has 0 saturated heterocycles. The monoisotopic (exact) mass is 432 g/mol. The van der Waals surface area contributed by atoms with Gasteiger partial charge in [0, 0.05) is 17.2 Å². The summed E-state index contributed by atoms with van der Waals surface area (Å²) in [4.78, 5) is 35.7. The Morgan fingerprint density at radius 3 is 1.90 bits per heavy atom. The number of alkyl halides is 2. The number of fused-ring (bicyclic) bond motifs is 1. The van der Waals surface area contributed by atoms with Crippen LogP contribution < -0.4 is 5.32 Å². The summed E-state index contributed by atoms with van der Waals surface area (Å²) in [5.74, 6) is -13.5. The first-order chi connectivity index (χ1) is 14.5. The number of aliphatic hydroxyl groups is 2. The molecule has 2 aromatic carbocycles. The van der Waals surface area contributed by atoms with E-state index in [0.717, 1.165) is 24.3 Å². The highest BCUT2D eigenvalue weighted by molar-refractivity contribution is 6.28. The minimum atomic E-state index is -4.29. The molecular formula is C20H11F3N2O6. The van der Waals surface area contributed by atoms with Crippen LogP contribution in [-0.2, 0) is 0 Å². The Hall–Kier alpha value is -3.83. The molecule has 3 N–H and O–H groups in total. The predicted octanol–water partition coefficient (Wildman–Crippen LogP) is 2.89. The Morgan fingerprint density at radius 2 is 1.35 bits per heavy atom. The number of nitro groups is 1. The number of anilines is 1. The van der Waals surface area contributed by atoms with Crippen LogP contribution in [0.15, 0.2) is 71.2 Å². The summed E-state index contributed by atoms with van der Waals surface area (Å²) < 4.78 is 45.5. The molecule has 0 fully saturated rings. The molecule has 0 radical (unpaired) electrons. The molecule has 11 heteroatoms. The summed E-state index contributed by atoms with van der Waals surface area (Å²) in [5, 5.41) is 33.6. The van der Waals surface area contributed by atoms with Crippen LogP contribution in [0.5, 0.6) is 0 Å². The van der Waals surface area contributed by atoms with Crippen LogP contribution in [0, 0.1) is 10.1 Å². The first kappa shape index (κ1) is 20.4. The second-order valence-corrected chi connectivity index (χ2v) is 6.79. The van der Waals surface area contributed by atoms with Crippen LogP contribution in [-0.4, -0.2) is 38.4 Å². The third-order valence-corrected chi connectivity index (χ3v) is 4.99. The molecule has 0 amide bonds. The van der Waals surface area contributed by atoms with Gasteiger partial charge in [-0.05, 0) is 6.07 Å². The minimum Gasteiger partial charge on any atom is -0.353 e. The van der Waals surface area contributed by atoms with Crippen LogP contribution >= 0.6 is 0 Å². The fourth-order valence-electron chi connectivity index (χ4n) is 3.56. The van der Waals surface area contributed by atoms with Crippen molar-refractivity contribution in [2.24, 2.45) is 0 Å². The smallest absolute Gasteiger partial charge is 0.292 e. The van der Waals surface area contributed by atoms with E-state index in [1.165, 1.54) is 24.3 Å². The normalized spacial score (nSPS) is 25.3. The van der Waals surface area contributed by atoms with Crippen molar-refractivity contribution in [1.29, 1.82) is 0 Å². The Balaban J connectivity index is 1.93. The molecule has 0 saturated carbocycles. The van der Waals surface area contributed by atoms with Gasteiger partial charge in [-0.1, -0.05) is 36.4 Å². The molecule has 0 bridgehead atoms. The van der Waals surface area contributed by atoms with Crippen molar-refractivity contribution in [2.45, 2.75) is 11.7 Å². The maximum atomic E-state index is 15.5. The van der Waals surface area contributed by atoms with Gasteiger partial charge in [-0.15, -0.1) is 0 Å². The summed E-state index contributed by atoms with van der Waals surface area (Å²) in [6.07, 6.45) is 0. The molecule has 2 atom stereocenters. The molecule has 4 rings (SSSR count). The van der Waals surface area contributed by atoms with Crippen molar-refractivity contribution in [1.82, 2.24) is 0 Å². The molecule has 0 heterocycles. The predicted molar refractivity (Wildman–Crippen MR) is 99.1 cm³/mol. The van der Waals surface area contributed by atoms with Gasteiger partial charge >= 0.3 is 0 Å². The van der Waals surface area contributed by atoms with Crippen molar-refractivity contribution >= 4 is 22.9 Å². The van der Waals surface area contributed by atoms with E-state index in [0.29, 0.717) is 0 Å². The van der Waals surface area contributed by atoms with E-state index in [-0.39, 0.29) is 0 Å². The van der Waals surface area contributed by atoms with E-state index in [2.05, 4.69) is 0 Å². The van der Waals surface area contributed by atoms with E-state index < -0.39 is 73.4 Å². The second-order valence-electron chi connectivity index (χ2n) is 6.79. The third kappa shape index (κ3) is 2.78. The van der Waals surface area contributed by atoms with Gasteiger partial charge < -0.3 is 15.5 Å². The maximum absolute atomic E-state index is 15.5. The lowest BCUT2D eigenvalue weighted by molar-refractivity contribution is -0.383. The van der Waals surface area contributed by atoms with Gasteiger partial charge in [0.25, 0.3) is 17.4 Å². The van der Waals surface area contributed by atoms with E-state index in [1.807, 2.05) is 5.32 Å². The molecule has 0 spiro atoms. The number of hydrogen-bond donors (Lipinski definition) is 3. The molecule has 2 aliphatic carbocycles. The van der Waals surface area contributed by atoms with Gasteiger partial charge in [0.2, 0.25) is 0 Å². The molecule has 0 aromatic heterocycles. The number of nitrogens with zero attached hydrogens (tertiary/aromatic N) is 1. The van der Waals surface area contributed by atoms with Crippen molar-refractivity contribution in [3.63, 3.8) is 0 Å². The van der Waals surface area contributed by atoms with E-state index in [9.17, 15) is 34.3 Å². The first-order valence-corrected chi connectivity index (χ1v) is 8.67. The van der Waals surface area contributed by atoms with Gasteiger partial charge in [0.1, 0.15) is 11.4 Å². The van der Waals surface area contributed by atoms with Gasteiger partial charge in [0.05, 0.1) is 16.1 Å². The molecule has 2 aromatic rings. The number of ketones is 2. The Kier molecular flexibility index (Phi) is 4.34. The van der Waals surface area contributed by atoms with E-state index in [4.69, 9.17) is 0 Å². The average Bonchev–Trinajstić information content (AvgIpc) is 2.72. The zero-order valence-electron chi connectivity index (χ0n) is 15.2. The summed E-state index contributed by atoms with van der Waals surface area (Å²) >= 11 is 0. The number of para-hydroxylation sites is 2. The number of Topliss-reactive ketones (excluding diaryl/α,β-unsaturated/α-hetero) is 2. The molecule has 0 aliphatic heterocycles. The molecule has 31 heavy (non-hydrogen) atoms. The largest absolute Gasteiger partial charge is 0.353 e. The Labute approximate surface area is 171 Å². The molecular weight excluding hydrogens is 421 g/mol. The topological polar surface area (TPSA) is 130 Å². The molecule has 2 unspecified atom stereocenters. The van der Waals surface area contributed by atoms with Gasteiger partial charge in [-0.25, -0.2) is 4.39 Å². The number of carbonyl (C=O) groups is 2. The molecule has 158 valence electrons. The zero-order valence-corrected chi connectivity index (χ0v) is 15.2. The van der Waals surface area contributed by atoms with Crippen molar-refractivity contribution in [3.05, 3.63) is 92.4 Å². The number of nitrogens with one attached hydrogen (secondary N) is 1. The summed E-state index contributed by atoms with van der Waals surface area (Å²) in [7, 11) is 0. The highest BCUT2D eigenvalue weighted by Crippen LogP contribution is 2.50. The zero-order chi connectivity index (χ0) is 22.7. The van der Waals surface area contributed by atoms with Crippen molar-refractivity contribution in [3.8, 4) is 0 Å². The first-order valence-electron chi connectivity index (χ1n) is 8.67. The number of benzene rings is 2. The van der Waals surface area contributed by atoms with Crippen LogP contribution in [0.1, 0.15) is 20.7 Å². The highest BCUT2D eigenvalue weighted by atomic mass is 19.2. The lowest BCUT2D eigenvalue weighted by atomic mass is 9.74. The maximum Gasteiger partial charge on any atom is 0.292 e. The number of carbonyl (C=O) groups excluding carboxylic acids is 2. The highest BCUT2D eigenvalue weighted by Gasteiger charge is 2.61.